The number of H-pyrrole nitrogens is 1. The van der Waals surface area contributed by atoms with Crippen molar-refractivity contribution in [2.24, 2.45) is 0 Å². The van der Waals surface area contributed by atoms with Gasteiger partial charge in [-0.1, -0.05) is 0 Å². The third kappa shape index (κ3) is 2.74. The second-order valence-electron chi connectivity index (χ2n) is 3.95. The molecule has 0 spiro atoms. The second kappa shape index (κ2) is 4.86. The third-order valence-electron chi connectivity index (χ3n) is 2.69. The number of carbonyl (C=O) groups excluding carboxylic acids is 2. The highest BCUT2D eigenvalue weighted by atomic mass is 16.2. The summed E-state index contributed by atoms with van der Waals surface area (Å²) in [4.78, 5) is 24.4. The smallest absolute Gasteiger partial charge is 0.318 e. The van der Waals surface area contributed by atoms with Crippen LogP contribution < -0.4 is 10.6 Å². The Morgan fingerprint density at radius 3 is 3.12 bits per heavy atom. The van der Waals surface area contributed by atoms with E-state index in [1.165, 1.54) is 4.90 Å². The third-order valence-corrected chi connectivity index (χ3v) is 2.69. The number of hydrogen-bond acceptors (Lipinski definition) is 3. The van der Waals surface area contributed by atoms with E-state index < -0.39 is 0 Å². The average molecular weight is 237 g/mol. The standard InChI is InChI=1S/C10H15N5O2/c1-7-8(5-13-14-7)4-12-10(17)15-3-2-11-9(16)6-15/h5H,2-4,6H2,1H3,(H,11,16)(H,12,17)(H,13,14). The first-order valence-corrected chi connectivity index (χ1v) is 5.45. The number of aryl methyl sites for hydroxylation is 1. The molecular weight excluding hydrogens is 222 g/mol. The molecule has 0 radical (unpaired) electrons. The van der Waals surface area contributed by atoms with Gasteiger partial charge >= 0.3 is 6.03 Å². The maximum absolute atomic E-state index is 11.8. The molecule has 3 N–H and O–H groups in total. The summed E-state index contributed by atoms with van der Waals surface area (Å²) >= 11 is 0. The normalized spacial score (nSPS) is 15.6. The van der Waals surface area contributed by atoms with Crippen LogP contribution >= 0.6 is 0 Å². The van der Waals surface area contributed by atoms with Crippen LogP contribution in [0.4, 0.5) is 4.79 Å². The fourth-order valence-electron chi connectivity index (χ4n) is 1.65. The Bertz CT molecular complexity index is 428. The zero-order valence-electron chi connectivity index (χ0n) is 9.62. The quantitative estimate of drug-likeness (QED) is 0.639. The van der Waals surface area contributed by atoms with E-state index >= 15 is 0 Å². The van der Waals surface area contributed by atoms with E-state index in [2.05, 4.69) is 20.8 Å². The Balaban J connectivity index is 1.85. The predicted molar refractivity (Wildman–Crippen MR) is 60.1 cm³/mol. The van der Waals surface area contributed by atoms with E-state index in [0.717, 1.165) is 11.3 Å². The van der Waals surface area contributed by atoms with E-state index in [0.29, 0.717) is 19.6 Å². The van der Waals surface area contributed by atoms with Gasteiger partial charge in [0.1, 0.15) is 6.54 Å². The van der Waals surface area contributed by atoms with Crippen LogP contribution in [0.3, 0.4) is 0 Å². The van der Waals surface area contributed by atoms with Crippen molar-refractivity contribution in [3.8, 4) is 0 Å². The summed E-state index contributed by atoms with van der Waals surface area (Å²) < 4.78 is 0. The fourth-order valence-corrected chi connectivity index (χ4v) is 1.65. The minimum Gasteiger partial charge on any atom is -0.353 e. The largest absolute Gasteiger partial charge is 0.353 e. The maximum atomic E-state index is 11.8. The molecule has 1 aliphatic heterocycles. The molecule has 2 heterocycles. The monoisotopic (exact) mass is 237 g/mol. The summed E-state index contributed by atoms with van der Waals surface area (Å²) in [5.74, 6) is -0.120. The van der Waals surface area contributed by atoms with Gasteiger partial charge in [0.25, 0.3) is 0 Å². The number of aromatic amines is 1. The molecule has 2 rings (SSSR count). The summed E-state index contributed by atoms with van der Waals surface area (Å²) in [7, 11) is 0. The summed E-state index contributed by atoms with van der Waals surface area (Å²) in [6.45, 7) is 3.48. The number of rotatable bonds is 2. The van der Waals surface area contributed by atoms with Crippen LogP contribution in [0.15, 0.2) is 6.20 Å². The summed E-state index contributed by atoms with van der Waals surface area (Å²) in [6.07, 6.45) is 1.68. The molecule has 7 nitrogen and oxygen atoms in total. The van der Waals surface area contributed by atoms with Gasteiger partial charge in [-0.2, -0.15) is 5.10 Å². The topological polar surface area (TPSA) is 90.1 Å². The van der Waals surface area contributed by atoms with Crippen LogP contribution in [0, 0.1) is 6.92 Å². The van der Waals surface area contributed by atoms with Crippen LogP contribution in [-0.2, 0) is 11.3 Å². The molecular formula is C10H15N5O2. The fraction of sp³-hybridized carbons (Fsp3) is 0.500. The molecule has 17 heavy (non-hydrogen) atoms. The van der Waals surface area contributed by atoms with Crippen molar-refractivity contribution in [3.63, 3.8) is 0 Å². The average Bonchev–Trinajstić information content (AvgIpc) is 2.72. The lowest BCUT2D eigenvalue weighted by Gasteiger charge is -2.26. The Morgan fingerprint density at radius 2 is 2.47 bits per heavy atom. The van der Waals surface area contributed by atoms with Crippen molar-refractivity contribution in [1.29, 1.82) is 0 Å². The second-order valence-corrected chi connectivity index (χ2v) is 3.95. The number of urea groups is 1. The van der Waals surface area contributed by atoms with Gasteiger partial charge in [0.2, 0.25) is 5.91 Å². The van der Waals surface area contributed by atoms with Crippen LogP contribution in [0.2, 0.25) is 0 Å². The summed E-state index contributed by atoms with van der Waals surface area (Å²) in [5.41, 5.74) is 1.88. The first kappa shape index (κ1) is 11.4. The number of nitrogens with one attached hydrogen (secondary N) is 3. The molecule has 7 heteroatoms. The number of carbonyl (C=O) groups is 2. The molecule has 1 aromatic heterocycles. The van der Waals surface area contributed by atoms with E-state index in [-0.39, 0.29) is 18.5 Å². The lowest BCUT2D eigenvalue weighted by molar-refractivity contribution is -0.123. The Kier molecular flexibility index (Phi) is 3.27. The van der Waals surface area contributed by atoms with Crippen LogP contribution in [-0.4, -0.2) is 46.7 Å². The Hall–Kier alpha value is -2.05. The van der Waals surface area contributed by atoms with Gasteiger partial charge in [-0.25, -0.2) is 4.79 Å². The minimum absolute atomic E-state index is 0.120. The van der Waals surface area contributed by atoms with Gasteiger partial charge in [0, 0.05) is 30.9 Å². The lowest BCUT2D eigenvalue weighted by atomic mass is 10.2. The highest BCUT2D eigenvalue weighted by molar-refractivity contribution is 5.85. The van der Waals surface area contributed by atoms with E-state index in [1.807, 2.05) is 6.92 Å². The zero-order chi connectivity index (χ0) is 12.3. The van der Waals surface area contributed by atoms with Crippen molar-refractivity contribution in [2.45, 2.75) is 13.5 Å². The van der Waals surface area contributed by atoms with E-state index in [4.69, 9.17) is 0 Å². The van der Waals surface area contributed by atoms with Crippen molar-refractivity contribution < 1.29 is 9.59 Å². The molecule has 3 amide bonds. The first-order chi connectivity index (χ1) is 8.16. The Labute approximate surface area is 98.6 Å². The summed E-state index contributed by atoms with van der Waals surface area (Å²) in [5, 5.41) is 12.1. The molecule has 1 fully saturated rings. The highest BCUT2D eigenvalue weighted by Crippen LogP contribution is 2.02. The predicted octanol–water partition coefficient (Wildman–Crippen LogP) is -0.640. The van der Waals surface area contributed by atoms with Crippen LogP contribution in [0.5, 0.6) is 0 Å². The summed E-state index contributed by atoms with van der Waals surface area (Å²) in [6, 6.07) is -0.222. The van der Waals surface area contributed by atoms with E-state index in [1.54, 1.807) is 6.20 Å². The molecule has 0 unspecified atom stereocenters. The van der Waals surface area contributed by atoms with Gasteiger partial charge in [0.15, 0.2) is 0 Å². The number of nitrogens with zero attached hydrogens (tertiary/aromatic N) is 2. The van der Waals surface area contributed by atoms with Crippen LogP contribution in [0.25, 0.3) is 0 Å². The Morgan fingerprint density at radius 1 is 1.65 bits per heavy atom. The molecule has 0 aliphatic carbocycles. The molecule has 1 aliphatic rings. The van der Waals surface area contributed by atoms with Crippen molar-refractivity contribution in [3.05, 3.63) is 17.5 Å². The van der Waals surface area contributed by atoms with Crippen molar-refractivity contribution in [1.82, 2.24) is 25.7 Å². The molecule has 1 aromatic rings. The van der Waals surface area contributed by atoms with E-state index in [9.17, 15) is 9.59 Å². The lowest BCUT2D eigenvalue weighted by Crippen LogP contribution is -2.52. The maximum Gasteiger partial charge on any atom is 0.318 e. The number of hydrogen-bond donors (Lipinski definition) is 3. The molecule has 92 valence electrons. The van der Waals surface area contributed by atoms with Crippen LogP contribution in [0.1, 0.15) is 11.3 Å². The minimum atomic E-state index is -0.222. The highest BCUT2D eigenvalue weighted by Gasteiger charge is 2.20. The molecule has 0 aromatic carbocycles. The number of piperazine rings is 1. The van der Waals surface area contributed by atoms with Gasteiger partial charge in [0.05, 0.1) is 6.20 Å². The van der Waals surface area contributed by atoms with Crippen molar-refractivity contribution >= 4 is 11.9 Å². The zero-order valence-corrected chi connectivity index (χ0v) is 9.62. The van der Waals surface area contributed by atoms with Gasteiger partial charge in [-0.05, 0) is 6.92 Å². The first-order valence-electron chi connectivity index (χ1n) is 5.45. The number of aromatic nitrogens is 2. The SMILES string of the molecule is Cc1[nH]ncc1CNC(=O)N1CCNC(=O)C1. The molecule has 0 atom stereocenters. The van der Waals surface area contributed by atoms with Gasteiger partial charge in [-0.3, -0.25) is 9.89 Å². The molecule has 0 bridgehead atoms. The van der Waals surface area contributed by atoms with Gasteiger partial charge < -0.3 is 15.5 Å². The molecule has 1 saturated heterocycles. The molecule has 0 saturated carbocycles. The van der Waals surface area contributed by atoms with Crippen molar-refractivity contribution in [2.75, 3.05) is 19.6 Å². The number of amides is 3. The van der Waals surface area contributed by atoms with Gasteiger partial charge in [-0.15, -0.1) is 0 Å².